The van der Waals surface area contributed by atoms with E-state index in [1.165, 1.54) is 4.68 Å². The first-order valence-electron chi connectivity index (χ1n) is 9.09. The van der Waals surface area contributed by atoms with Gasteiger partial charge in [0.15, 0.2) is 5.82 Å². The van der Waals surface area contributed by atoms with Crippen molar-refractivity contribution < 1.29 is 17.4 Å². The number of hydrogen-bond acceptors (Lipinski definition) is 6. The largest absolute Gasteiger partial charge is 0.326 e. The lowest BCUT2D eigenvalue weighted by Gasteiger charge is -2.25. The van der Waals surface area contributed by atoms with Gasteiger partial charge < -0.3 is 4.90 Å². The van der Waals surface area contributed by atoms with Gasteiger partial charge >= 0.3 is 0 Å². The van der Waals surface area contributed by atoms with Gasteiger partial charge in [0.1, 0.15) is 5.56 Å². The van der Waals surface area contributed by atoms with Crippen LogP contribution in [0.2, 0.25) is 5.02 Å². The number of amides is 1. The van der Waals surface area contributed by atoms with Crippen LogP contribution in [0.25, 0.3) is 0 Å². The second-order valence-corrected chi connectivity index (χ2v) is 8.90. The molecule has 1 aliphatic rings. The molecule has 2 heterocycles. The smallest absolute Gasteiger partial charge is 0.268 e. The molecule has 4 rings (SSSR count). The van der Waals surface area contributed by atoms with E-state index in [0.717, 1.165) is 11.9 Å². The lowest BCUT2D eigenvalue weighted by molar-refractivity contribution is 0.100. The highest BCUT2D eigenvalue weighted by Gasteiger charge is 2.33. The van der Waals surface area contributed by atoms with Gasteiger partial charge in [-0.2, -0.15) is 13.5 Å². The summed E-state index contributed by atoms with van der Waals surface area (Å²) in [5.74, 6) is 0.195. The van der Waals surface area contributed by atoms with Crippen molar-refractivity contribution in [2.75, 3.05) is 29.7 Å². The highest BCUT2D eigenvalue weighted by molar-refractivity contribution is 7.85. The van der Waals surface area contributed by atoms with Crippen molar-refractivity contribution in [3.05, 3.63) is 65.3 Å². The first-order chi connectivity index (χ1) is 14.2. The van der Waals surface area contributed by atoms with Gasteiger partial charge in [0.05, 0.1) is 30.8 Å². The third-order valence-corrected chi connectivity index (χ3v) is 5.50. The predicted molar refractivity (Wildman–Crippen MR) is 115 cm³/mol. The van der Waals surface area contributed by atoms with Gasteiger partial charge in [0.2, 0.25) is 0 Å². The van der Waals surface area contributed by atoms with E-state index in [1.807, 2.05) is 48.3 Å². The van der Waals surface area contributed by atoms with E-state index in [4.69, 9.17) is 15.8 Å². The summed E-state index contributed by atoms with van der Waals surface area (Å²) in [5, 5.41) is 5.01. The Bertz CT molecular complexity index is 1210. The van der Waals surface area contributed by atoms with E-state index in [9.17, 15) is 13.2 Å². The standard InChI is InChI=1S/C20H19ClN4O4S/c1-23-17-9-8-14(21)12-18(17)25(15-6-4-3-5-7-15)20(26)16-13-24(22-19(16)23)10-11-29-30(2,27)28/h3-9,12-13H,10-11H2,1-2H3. The van der Waals surface area contributed by atoms with Crippen LogP contribution in [0.1, 0.15) is 10.4 Å². The fourth-order valence-electron chi connectivity index (χ4n) is 3.34. The van der Waals surface area contributed by atoms with E-state index in [0.29, 0.717) is 27.8 Å². The van der Waals surface area contributed by atoms with Crippen molar-refractivity contribution in [2.24, 2.45) is 0 Å². The van der Waals surface area contributed by atoms with Crippen LogP contribution >= 0.6 is 11.6 Å². The normalized spacial score (nSPS) is 13.8. The van der Waals surface area contributed by atoms with E-state index in [-0.39, 0.29) is 19.1 Å². The second kappa shape index (κ2) is 7.75. The number of carbonyl (C=O) groups excluding carboxylic acids is 1. The van der Waals surface area contributed by atoms with Crippen molar-refractivity contribution in [1.29, 1.82) is 0 Å². The fourth-order valence-corrected chi connectivity index (χ4v) is 3.89. The number of benzene rings is 2. The Hall–Kier alpha value is -2.88. The molecule has 0 unspecified atom stereocenters. The third-order valence-electron chi connectivity index (χ3n) is 4.67. The molecule has 0 saturated heterocycles. The number of halogens is 1. The molecule has 8 nitrogen and oxygen atoms in total. The Morgan fingerprint density at radius 2 is 1.83 bits per heavy atom. The number of rotatable bonds is 5. The molecule has 0 aliphatic carbocycles. The Labute approximate surface area is 179 Å². The number of fused-ring (bicyclic) bond motifs is 2. The van der Waals surface area contributed by atoms with Crippen LogP contribution in [0, 0.1) is 0 Å². The van der Waals surface area contributed by atoms with Crippen LogP contribution in [0.15, 0.2) is 54.7 Å². The summed E-state index contributed by atoms with van der Waals surface area (Å²) in [4.78, 5) is 17.0. The molecule has 1 amide bonds. The Balaban J connectivity index is 1.80. The van der Waals surface area contributed by atoms with Crippen LogP contribution in [0.5, 0.6) is 0 Å². The molecule has 1 aliphatic heterocycles. The molecule has 0 atom stereocenters. The predicted octanol–water partition coefficient (Wildman–Crippen LogP) is 3.57. The molecule has 30 heavy (non-hydrogen) atoms. The van der Waals surface area contributed by atoms with Crippen molar-refractivity contribution >= 4 is 50.5 Å². The zero-order valence-corrected chi connectivity index (χ0v) is 17.9. The van der Waals surface area contributed by atoms with Crippen LogP contribution in [0.4, 0.5) is 22.9 Å². The van der Waals surface area contributed by atoms with Gasteiger partial charge in [0, 0.05) is 24.0 Å². The summed E-state index contributed by atoms with van der Waals surface area (Å²) in [5.41, 5.74) is 2.48. The van der Waals surface area contributed by atoms with Crippen molar-refractivity contribution in [3.63, 3.8) is 0 Å². The molecule has 0 bridgehead atoms. The van der Waals surface area contributed by atoms with Crippen LogP contribution < -0.4 is 9.80 Å². The molecule has 156 valence electrons. The maximum atomic E-state index is 13.6. The molecule has 0 radical (unpaired) electrons. The first-order valence-corrected chi connectivity index (χ1v) is 11.3. The number of aromatic nitrogens is 2. The maximum absolute atomic E-state index is 13.6. The van der Waals surface area contributed by atoms with Crippen LogP contribution in [-0.2, 0) is 20.8 Å². The minimum Gasteiger partial charge on any atom is -0.326 e. The highest BCUT2D eigenvalue weighted by atomic mass is 35.5. The number of carbonyl (C=O) groups is 1. The second-order valence-electron chi connectivity index (χ2n) is 6.82. The minimum atomic E-state index is -3.55. The summed E-state index contributed by atoms with van der Waals surface area (Å²) in [6, 6.07) is 14.6. The molecule has 0 fully saturated rings. The lowest BCUT2D eigenvalue weighted by atomic mass is 10.2. The molecule has 3 aromatic rings. The summed E-state index contributed by atoms with van der Waals surface area (Å²) < 4.78 is 28.7. The average Bonchev–Trinajstić information content (AvgIpc) is 3.09. The summed E-state index contributed by atoms with van der Waals surface area (Å²) in [6.45, 7) is 0.103. The molecule has 0 saturated carbocycles. The Kier molecular flexibility index (Phi) is 5.27. The van der Waals surface area contributed by atoms with Gasteiger partial charge in [-0.3, -0.25) is 18.6 Å². The highest BCUT2D eigenvalue weighted by Crippen LogP contribution is 2.43. The quantitative estimate of drug-likeness (QED) is 0.557. The van der Waals surface area contributed by atoms with Gasteiger partial charge in [0.25, 0.3) is 16.0 Å². The van der Waals surface area contributed by atoms with Gasteiger partial charge in [-0.1, -0.05) is 29.8 Å². The Morgan fingerprint density at radius 3 is 2.53 bits per heavy atom. The SMILES string of the molecule is CN1c2ccc(Cl)cc2N(c2ccccc2)C(=O)c2cn(CCOS(C)(=O)=O)nc21. The third kappa shape index (κ3) is 3.91. The molecular formula is C20H19ClN4O4S. The monoisotopic (exact) mass is 446 g/mol. The number of anilines is 4. The van der Waals surface area contributed by atoms with E-state index < -0.39 is 10.1 Å². The zero-order valence-electron chi connectivity index (χ0n) is 16.3. The summed E-state index contributed by atoms with van der Waals surface area (Å²) in [6.07, 6.45) is 2.59. The lowest BCUT2D eigenvalue weighted by Crippen LogP contribution is -2.25. The number of hydrogen-bond donors (Lipinski definition) is 0. The Morgan fingerprint density at radius 1 is 1.10 bits per heavy atom. The van der Waals surface area contributed by atoms with Crippen LogP contribution in [0.3, 0.4) is 0 Å². The van der Waals surface area contributed by atoms with E-state index in [1.54, 1.807) is 23.2 Å². The molecule has 0 spiro atoms. The van der Waals surface area contributed by atoms with Gasteiger partial charge in [-0.15, -0.1) is 0 Å². The van der Waals surface area contributed by atoms with Crippen molar-refractivity contribution in [2.45, 2.75) is 6.54 Å². The van der Waals surface area contributed by atoms with E-state index >= 15 is 0 Å². The maximum Gasteiger partial charge on any atom is 0.268 e. The van der Waals surface area contributed by atoms with Gasteiger partial charge in [-0.05, 0) is 30.3 Å². The van der Waals surface area contributed by atoms with E-state index in [2.05, 4.69) is 5.10 Å². The molecule has 2 aromatic carbocycles. The topological polar surface area (TPSA) is 84.7 Å². The average molecular weight is 447 g/mol. The van der Waals surface area contributed by atoms with Crippen molar-refractivity contribution in [1.82, 2.24) is 9.78 Å². The molecule has 0 N–H and O–H groups in total. The number of nitrogens with zero attached hydrogens (tertiary/aromatic N) is 4. The van der Waals surface area contributed by atoms with Crippen LogP contribution in [-0.4, -0.2) is 44.0 Å². The van der Waals surface area contributed by atoms with Gasteiger partial charge in [-0.25, -0.2) is 0 Å². The minimum absolute atomic E-state index is 0.0775. The summed E-state index contributed by atoms with van der Waals surface area (Å²) >= 11 is 6.24. The fraction of sp³-hybridized carbons (Fsp3) is 0.200. The zero-order chi connectivity index (χ0) is 21.5. The summed E-state index contributed by atoms with van der Waals surface area (Å²) in [7, 11) is -1.73. The molecule has 10 heteroatoms. The first kappa shape index (κ1) is 20.4. The number of para-hydroxylation sites is 1. The molecular weight excluding hydrogens is 428 g/mol. The van der Waals surface area contributed by atoms with Crippen molar-refractivity contribution in [3.8, 4) is 0 Å². The molecule has 1 aromatic heterocycles.